The Morgan fingerprint density at radius 2 is 2.00 bits per heavy atom. The molecule has 1 unspecified atom stereocenters. The van der Waals surface area contributed by atoms with Crippen LogP contribution in [0.2, 0.25) is 0 Å². The van der Waals surface area contributed by atoms with E-state index in [1.165, 1.54) is 6.92 Å². The summed E-state index contributed by atoms with van der Waals surface area (Å²) in [6.07, 6.45) is 1.49. The fourth-order valence-electron chi connectivity index (χ4n) is 2.28. The van der Waals surface area contributed by atoms with Gasteiger partial charge in [-0.05, 0) is 31.5 Å². The van der Waals surface area contributed by atoms with E-state index in [1.807, 2.05) is 6.92 Å². The molecule has 108 valence electrons. The Morgan fingerprint density at radius 3 is 2.65 bits per heavy atom. The molecule has 1 atom stereocenters. The van der Waals surface area contributed by atoms with Gasteiger partial charge in [0.05, 0.1) is 0 Å². The van der Waals surface area contributed by atoms with Gasteiger partial charge in [0.25, 0.3) is 5.91 Å². The predicted octanol–water partition coefficient (Wildman–Crippen LogP) is 2.53. The first-order valence-corrected chi connectivity index (χ1v) is 6.49. The van der Waals surface area contributed by atoms with Crippen molar-refractivity contribution < 1.29 is 18.4 Å². The van der Waals surface area contributed by atoms with Gasteiger partial charge in [-0.25, -0.2) is 13.6 Å². The molecular weight excluding hydrogens is 266 g/mol. The highest BCUT2D eigenvalue weighted by Crippen LogP contribution is 2.31. The molecule has 20 heavy (non-hydrogen) atoms. The van der Waals surface area contributed by atoms with Crippen molar-refractivity contribution in [3.8, 4) is 0 Å². The van der Waals surface area contributed by atoms with Gasteiger partial charge < -0.3 is 5.32 Å². The average molecular weight is 282 g/mol. The van der Waals surface area contributed by atoms with Crippen LogP contribution in [0.5, 0.6) is 0 Å². The largest absolute Gasteiger partial charge is 0.325 e. The van der Waals surface area contributed by atoms with Gasteiger partial charge in [-0.2, -0.15) is 0 Å². The number of carbonyl (C=O) groups is 2. The number of imide groups is 1. The van der Waals surface area contributed by atoms with Crippen molar-refractivity contribution in [2.75, 3.05) is 6.54 Å². The number of carbonyl (C=O) groups excluding carboxylic acids is 2. The maximum absolute atomic E-state index is 13.9. The van der Waals surface area contributed by atoms with E-state index < -0.39 is 29.1 Å². The molecule has 6 heteroatoms. The summed E-state index contributed by atoms with van der Waals surface area (Å²) < 4.78 is 27.1. The van der Waals surface area contributed by atoms with E-state index in [1.54, 1.807) is 0 Å². The lowest BCUT2D eigenvalue weighted by molar-refractivity contribution is -0.131. The van der Waals surface area contributed by atoms with Gasteiger partial charge in [-0.1, -0.05) is 13.3 Å². The third kappa shape index (κ3) is 2.26. The van der Waals surface area contributed by atoms with E-state index in [2.05, 4.69) is 5.32 Å². The van der Waals surface area contributed by atoms with E-state index >= 15 is 0 Å². The molecule has 0 saturated carbocycles. The van der Waals surface area contributed by atoms with Crippen LogP contribution in [0.3, 0.4) is 0 Å². The minimum Gasteiger partial charge on any atom is -0.319 e. The summed E-state index contributed by atoms with van der Waals surface area (Å²) in [5.41, 5.74) is -1.72. The molecule has 0 aromatic heterocycles. The zero-order valence-corrected chi connectivity index (χ0v) is 11.4. The molecule has 1 aliphatic heterocycles. The topological polar surface area (TPSA) is 49.4 Å². The molecule has 0 spiro atoms. The Labute approximate surface area is 115 Å². The maximum atomic E-state index is 13.9. The molecule has 1 heterocycles. The smallest absolute Gasteiger partial charge is 0.319 e. The highest BCUT2D eigenvalue weighted by Gasteiger charge is 2.50. The fourth-order valence-corrected chi connectivity index (χ4v) is 2.28. The quantitative estimate of drug-likeness (QED) is 0.863. The second kappa shape index (κ2) is 5.19. The van der Waals surface area contributed by atoms with Gasteiger partial charge in [-0.3, -0.25) is 9.69 Å². The average Bonchev–Trinajstić information content (AvgIpc) is 2.62. The van der Waals surface area contributed by atoms with Crippen LogP contribution in [-0.2, 0) is 10.3 Å². The van der Waals surface area contributed by atoms with Gasteiger partial charge in [0, 0.05) is 12.1 Å². The summed E-state index contributed by atoms with van der Waals surface area (Å²) in [6.45, 7) is 3.59. The van der Waals surface area contributed by atoms with Crippen molar-refractivity contribution in [3.05, 3.63) is 35.4 Å². The summed E-state index contributed by atoms with van der Waals surface area (Å²) >= 11 is 0. The number of nitrogens with one attached hydrogen (secondary N) is 1. The summed E-state index contributed by atoms with van der Waals surface area (Å²) in [5, 5.41) is 2.45. The molecular formula is C14H16F2N2O2. The van der Waals surface area contributed by atoms with Crippen LogP contribution in [0.15, 0.2) is 18.2 Å². The Morgan fingerprint density at radius 1 is 1.30 bits per heavy atom. The number of benzene rings is 1. The molecule has 1 saturated heterocycles. The molecule has 3 amide bonds. The van der Waals surface area contributed by atoms with Gasteiger partial charge >= 0.3 is 6.03 Å². The number of hydrogen-bond donors (Lipinski definition) is 1. The Kier molecular flexibility index (Phi) is 3.74. The fraction of sp³-hybridized carbons (Fsp3) is 0.429. The SMILES string of the molecule is CCCCN1C(=O)NC(C)(c2cc(F)ccc2F)C1=O. The van der Waals surface area contributed by atoms with E-state index in [4.69, 9.17) is 0 Å². The standard InChI is InChI=1S/C14H16F2N2O2/c1-3-4-7-18-12(19)14(2,17-13(18)20)10-8-9(15)5-6-11(10)16/h5-6,8H,3-4,7H2,1-2H3,(H,17,20). The number of unbranched alkanes of at least 4 members (excludes halogenated alkanes) is 1. The van der Waals surface area contributed by atoms with Crippen molar-refractivity contribution in [3.63, 3.8) is 0 Å². The van der Waals surface area contributed by atoms with Crippen LogP contribution in [0.25, 0.3) is 0 Å². The summed E-state index contributed by atoms with van der Waals surface area (Å²) in [7, 11) is 0. The van der Waals surface area contributed by atoms with Crippen molar-refractivity contribution in [1.82, 2.24) is 10.2 Å². The summed E-state index contributed by atoms with van der Waals surface area (Å²) in [5.74, 6) is -1.93. The second-order valence-corrected chi connectivity index (χ2v) is 4.99. The minimum absolute atomic E-state index is 0.158. The van der Waals surface area contributed by atoms with Crippen LogP contribution < -0.4 is 5.32 Å². The number of amides is 3. The highest BCUT2D eigenvalue weighted by atomic mass is 19.1. The van der Waals surface area contributed by atoms with Crippen molar-refractivity contribution in [1.29, 1.82) is 0 Å². The van der Waals surface area contributed by atoms with E-state index in [0.717, 1.165) is 29.5 Å². The number of urea groups is 1. The van der Waals surface area contributed by atoms with Gasteiger partial charge in [0.15, 0.2) is 0 Å². The Bertz CT molecular complexity index is 562. The third-order valence-electron chi connectivity index (χ3n) is 3.48. The van der Waals surface area contributed by atoms with E-state index in [9.17, 15) is 18.4 Å². The number of halogens is 2. The highest BCUT2D eigenvalue weighted by molar-refractivity contribution is 6.07. The van der Waals surface area contributed by atoms with Crippen LogP contribution in [0.4, 0.5) is 13.6 Å². The lowest BCUT2D eigenvalue weighted by Crippen LogP contribution is -2.41. The number of rotatable bonds is 4. The maximum Gasteiger partial charge on any atom is 0.325 e. The molecule has 1 aliphatic rings. The van der Waals surface area contributed by atoms with Crippen molar-refractivity contribution in [2.45, 2.75) is 32.2 Å². The first-order valence-electron chi connectivity index (χ1n) is 6.49. The zero-order valence-electron chi connectivity index (χ0n) is 11.4. The van der Waals surface area contributed by atoms with E-state index in [-0.39, 0.29) is 12.1 Å². The van der Waals surface area contributed by atoms with Gasteiger partial charge in [0.2, 0.25) is 0 Å². The zero-order chi connectivity index (χ0) is 14.9. The monoisotopic (exact) mass is 282 g/mol. The summed E-state index contributed by atoms with van der Waals surface area (Å²) in [4.78, 5) is 25.3. The van der Waals surface area contributed by atoms with Crippen molar-refractivity contribution >= 4 is 11.9 Å². The second-order valence-electron chi connectivity index (χ2n) is 4.99. The van der Waals surface area contributed by atoms with E-state index in [0.29, 0.717) is 6.42 Å². The van der Waals surface area contributed by atoms with Crippen LogP contribution in [0.1, 0.15) is 32.3 Å². The van der Waals surface area contributed by atoms with Gasteiger partial charge in [0.1, 0.15) is 17.2 Å². The number of nitrogens with zero attached hydrogens (tertiary/aromatic N) is 1. The number of hydrogen-bond acceptors (Lipinski definition) is 2. The van der Waals surface area contributed by atoms with Crippen LogP contribution in [0, 0.1) is 11.6 Å². The Hall–Kier alpha value is -1.98. The molecule has 2 rings (SSSR count). The molecule has 1 aromatic rings. The van der Waals surface area contributed by atoms with Crippen LogP contribution >= 0.6 is 0 Å². The first-order chi connectivity index (χ1) is 9.40. The van der Waals surface area contributed by atoms with Crippen LogP contribution in [-0.4, -0.2) is 23.4 Å². The molecule has 0 radical (unpaired) electrons. The molecule has 4 nitrogen and oxygen atoms in total. The third-order valence-corrected chi connectivity index (χ3v) is 3.48. The van der Waals surface area contributed by atoms with Crippen molar-refractivity contribution in [2.24, 2.45) is 0 Å². The lowest BCUT2D eigenvalue weighted by Gasteiger charge is -2.22. The first kappa shape index (κ1) is 14.4. The molecule has 0 bridgehead atoms. The predicted molar refractivity (Wildman–Crippen MR) is 68.9 cm³/mol. The molecule has 1 aromatic carbocycles. The minimum atomic E-state index is -1.56. The lowest BCUT2D eigenvalue weighted by atomic mass is 9.91. The molecule has 1 N–H and O–H groups in total. The summed E-state index contributed by atoms with van der Waals surface area (Å²) in [6, 6.07) is 2.29. The Balaban J connectivity index is 2.38. The van der Waals surface area contributed by atoms with Gasteiger partial charge in [-0.15, -0.1) is 0 Å². The molecule has 1 fully saturated rings. The normalized spacial score (nSPS) is 22.3. The molecule has 0 aliphatic carbocycles.